The summed E-state index contributed by atoms with van der Waals surface area (Å²) in [5.74, 6) is 0. The minimum absolute atomic E-state index is 0.120. The molecule has 0 fully saturated rings. The highest BCUT2D eigenvalue weighted by Crippen LogP contribution is 2.45. The molecular weight excluding hydrogens is 470 g/mol. The number of hydrogen-bond donors (Lipinski definition) is 1. The van der Waals surface area contributed by atoms with E-state index in [9.17, 15) is 33.4 Å². The fourth-order valence-corrected chi connectivity index (χ4v) is 3.31. The molecule has 0 saturated carbocycles. The number of anilines is 2. The molecule has 0 aliphatic carbocycles. The average Bonchev–Trinajstić information content (AvgIpc) is 2.48. The lowest BCUT2D eigenvalue weighted by Gasteiger charge is -2.16. The van der Waals surface area contributed by atoms with E-state index >= 15 is 0 Å². The molecule has 0 aromatic heterocycles. The molecule has 0 aliphatic heterocycles. The van der Waals surface area contributed by atoms with Crippen molar-refractivity contribution in [3.05, 3.63) is 64.6 Å². The standard InChI is InChI=1S/C13H5BrCl2F3N3O4/c14-5-1-8(15)12(9(16)2-5)20-11-7(13(17,18)19)3-6(21(23)24)4-10(11)22(25)26/h1-4,20H. The molecule has 138 valence electrons. The summed E-state index contributed by atoms with van der Waals surface area (Å²) >= 11 is 14.9. The highest BCUT2D eigenvalue weighted by molar-refractivity contribution is 9.10. The van der Waals surface area contributed by atoms with Crippen molar-refractivity contribution in [3.63, 3.8) is 0 Å². The summed E-state index contributed by atoms with van der Waals surface area (Å²) in [5.41, 5.74) is -5.07. The highest BCUT2D eigenvalue weighted by atomic mass is 79.9. The molecule has 0 heterocycles. The molecule has 0 aliphatic rings. The molecule has 26 heavy (non-hydrogen) atoms. The van der Waals surface area contributed by atoms with Gasteiger partial charge in [0.15, 0.2) is 0 Å². The van der Waals surface area contributed by atoms with E-state index in [4.69, 9.17) is 23.2 Å². The van der Waals surface area contributed by atoms with E-state index in [1.165, 1.54) is 12.1 Å². The summed E-state index contributed by atoms with van der Waals surface area (Å²) in [6.45, 7) is 0. The maximum Gasteiger partial charge on any atom is 0.418 e. The van der Waals surface area contributed by atoms with Gasteiger partial charge in [-0.25, -0.2) is 0 Å². The summed E-state index contributed by atoms with van der Waals surface area (Å²) in [6.07, 6.45) is -5.12. The predicted octanol–water partition coefficient (Wildman–Crippen LogP) is 6.33. The molecule has 1 N–H and O–H groups in total. The summed E-state index contributed by atoms with van der Waals surface area (Å²) < 4.78 is 40.5. The van der Waals surface area contributed by atoms with E-state index in [1.54, 1.807) is 0 Å². The summed E-state index contributed by atoms with van der Waals surface area (Å²) in [7, 11) is 0. The topological polar surface area (TPSA) is 98.3 Å². The molecule has 7 nitrogen and oxygen atoms in total. The second-order valence-corrected chi connectivity index (χ2v) is 6.50. The lowest BCUT2D eigenvalue weighted by molar-refractivity contribution is -0.394. The first-order valence-electron chi connectivity index (χ1n) is 6.37. The number of nitrogens with one attached hydrogen (secondary N) is 1. The molecular formula is C13H5BrCl2F3N3O4. The van der Waals surface area contributed by atoms with E-state index in [1.807, 2.05) is 0 Å². The third-order valence-electron chi connectivity index (χ3n) is 3.07. The highest BCUT2D eigenvalue weighted by Gasteiger charge is 2.40. The van der Waals surface area contributed by atoms with Crippen molar-refractivity contribution in [2.75, 3.05) is 5.32 Å². The van der Waals surface area contributed by atoms with Gasteiger partial charge in [-0.05, 0) is 12.1 Å². The van der Waals surface area contributed by atoms with Crippen molar-refractivity contribution >= 4 is 61.9 Å². The number of nitrogens with zero attached hydrogens (tertiary/aromatic N) is 2. The molecule has 0 bridgehead atoms. The molecule has 0 radical (unpaired) electrons. The molecule has 0 atom stereocenters. The second-order valence-electron chi connectivity index (χ2n) is 4.77. The minimum Gasteiger partial charge on any atom is -0.347 e. The minimum atomic E-state index is -5.12. The van der Waals surface area contributed by atoms with Gasteiger partial charge in [-0.3, -0.25) is 20.2 Å². The lowest BCUT2D eigenvalue weighted by Crippen LogP contribution is -2.12. The Bertz CT molecular complexity index is 901. The number of nitro benzene ring substituents is 2. The maximum absolute atomic E-state index is 13.3. The van der Waals surface area contributed by atoms with Crippen LogP contribution < -0.4 is 5.32 Å². The quantitative estimate of drug-likeness (QED) is 0.412. The van der Waals surface area contributed by atoms with Crippen molar-refractivity contribution in [2.24, 2.45) is 0 Å². The number of alkyl halides is 3. The predicted molar refractivity (Wildman–Crippen MR) is 92.2 cm³/mol. The second kappa shape index (κ2) is 7.25. The first kappa shape index (κ1) is 20.2. The summed E-state index contributed by atoms with van der Waals surface area (Å²) in [6, 6.07) is 3.22. The molecule has 0 saturated heterocycles. The number of rotatable bonds is 4. The van der Waals surface area contributed by atoms with Crippen LogP contribution in [-0.2, 0) is 6.18 Å². The summed E-state index contributed by atoms with van der Waals surface area (Å²) in [4.78, 5) is 19.7. The fourth-order valence-electron chi connectivity index (χ4n) is 2.00. The monoisotopic (exact) mass is 473 g/mol. The number of non-ortho nitro benzene ring substituents is 1. The normalized spacial score (nSPS) is 11.3. The maximum atomic E-state index is 13.3. The molecule has 2 aromatic rings. The zero-order valence-electron chi connectivity index (χ0n) is 12.1. The van der Waals surface area contributed by atoms with Crippen LogP contribution in [0.3, 0.4) is 0 Å². The zero-order valence-corrected chi connectivity index (χ0v) is 15.2. The molecule has 2 aromatic carbocycles. The van der Waals surface area contributed by atoms with Gasteiger partial charge in [0, 0.05) is 10.5 Å². The van der Waals surface area contributed by atoms with Crippen LogP contribution in [-0.4, -0.2) is 9.85 Å². The van der Waals surface area contributed by atoms with Gasteiger partial charge in [0.25, 0.3) is 11.4 Å². The van der Waals surface area contributed by atoms with E-state index in [0.717, 1.165) is 0 Å². The van der Waals surface area contributed by atoms with Gasteiger partial charge in [-0.2, -0.15) is 13.2 Å². The third-order valence-corrected chi connectivity index (χ3v) is 4.13. The number of hydrogen-bond acceptors (Lipinski definition) is 5. The summed E-state index contributed by atoms with van der Waals surface area (Å²) in [5, 5.41) is 24.0. The van der Waals surface area contributed by atoms with Crippen LogP contribution in [0, 0.1) is 20.2 Å². The molecule has 13 heteroatoms. The van der Waals surface area contributed by atoms with Crippen molar-refractivity contribution in [1.29, 1.82) is 0 Å². The smallest absolute Gasteiger partial charge is 0.347 e. The Kier molecular flexibility index (Phi) is 5.64. The molecule has 2 rings (SSSR count). The van der Waals surface area contributed by atoms with Gasteiger partial charge >= 0.3 is 6.18 Å². The first-order valence-corrected chi connectivity index (χ1v) is 7.92. The fraction of sp³-hybridized carbons (Fsp3) is 0.0769. The van der Waals surface area contributed by atoms with Crippen molar-refractivity contribution < 1.29 is 23.0 Å². The van der Waals surface area contributed by atoms with E-state index < -0.39 is 38.6 Å². The Morgan fingerprint density at radius 2 is 1.50 bits per heavy atom. The van der Waals surface area contributed by atoms with Gasteiger partial charge in [0.05, 0.1) is 37.2 Å². The number of halogens is 6. The average molecular weight is 475 g/mol. The Morgan fingerprint density at radius 3 is 1.92 bits per heavy atom. The van der Waals surface area contributed by atoms with Crippen LogP contribution in [0.1, 0.15) is 5.56 Å². The zero-order chi connectivity index (χ0) is 19.8. The van der Waals surface area contributed by atoms with Gasteiger partial charge in [-0.15, -0.1) is 0 Å². The van der Waals surface area contributed by atoms with Crippen LogP contribution >= 0.6 is 39.1 Å². The molecule has 0 unspecified atom stereocenters. The molecule has 0 amide bonds. The van der Waals surface area contributed by atoms with E-state index in [0.29, 0.717) is 10.5 Å². The Balaban J connectivity index is 2.78. The van der Waals surface area contributed by atoms with E-state index in [-0.39, 0.29) is 21.8 Å². The van der Waals surface area contributed by atoms with Crippen LogP contribution in [0.2, 0.25) is 10.0 Å². The SMILES string of the molecule is O=[N+]([O-])c1cc([N+](=O)[O-])c(Nc2c(Cl)cc(Br)cc2Cl)c(C(F)(F)F)c1. The van der Waals surface area contributed by atoms with Crippen LogP contribution in [0.25, 0.3) is 0 Å². The van der Waals surface area contributed by atoms with Crippen molar-refractivity contribution in [2.45, 2.75) is 6.18 Å². The van der Waals surface area contributed by atoms with Crippen molar-refractivity contribution in [1.82, 2.24) is 0 Å². The van der Waals surface area contributed by atoms with Crippen LogP contribution in [0.15, 0.2) is 28.7 Å². The van der Waals surface area contributed by atoms with Crippen LogP contribution in [0.5, 0.6) is 0 Å². The Labute approximate surface area is 161 Å². The van der Waals surface area contributed by atoms with Crippen LogP contribution in [0.4, 0.5) is 35.9 Å². The third kappa shape index (κ3) is 4.17. The molecule has 0 spiro atoms. The number of benzene rings is 2. The number of nitro groups is 2. The first-order chi connectivity index (χ1) is 11.9. The van der Waals surface area contributed by atoms with E-state index in [2.05, 4.69) is 21.2 Å². The van der Waals surface area contributed by atoms with Gasteiger partial charge < -0.3 is 5.32 Å². The Morgan fingerprint density at radius 1 is 0.962 bits per heavy atom. The van der Waals surface area contributed by atoms with Crippen molar-refractivity contribution in [3.8, 4) is 0 Å². The van der Waals surface area contributed by atoms with Gasteiger partial charge in [0.1, 0.15) is 5.69 Å². The lowest BCUT2D eigenvalue weighted by atomic mass is 10.1. The van der Waals surface area contributed by atoms with Gasteiger partial charge in [0.2, 0.25) is 0 Å². The Hall–Kier alpha value is -2.11. The largest absolute Gasteiger partial charge is 0.418 e. The van der Waals surface area contributed by atoms with Gasteiger partial charge in [-0.1, -0.05) is 39.1 Å².